The molecular formula is C27H26N2O2S. The second kappa shape index (κ2) is 10.8. The first-order valence-corrected chi connectivity index (χ1v) is 11.1. The SMILES string of the molecule is C#Cc1cccc(OCC2CN(C(=S)NC(c3ccccc3)c3ccccc3)CCO2)c1. The largest absolute Gasteiger partial charge is 0.491 e. The molecule has 5 heteroatoms. The van der Waals surface area contributed by atoms with E-state index in [1.54, 1.807) is 0 Å². The Morgan fingerprint density at radius 1 is 1.06 bits per heavy atom. The molecular weight excluding hydrogens is 416 g/mol. The van der Waals surface area contributed by atoms with Crippen molar-refractivity contribution in [1.82, 2.24) is 10.2 Å². The van der Waals surface area contributed by atoms with Crippen LogP contribution in [0.4, 0.5) is 0 Å². The van der Waals surface area contributed by atoms with Crippen molar-refractivity contribution in [1.29, 1.82) is 0 Å². The standard InChI is InChI=1S/C27H26N2O2S/c1-2-21-10-9-15-24(18-21)31-20-25-19-29(16-17-30-25)27(32)28-26(22-11-5-3-6-12-22)23-13-7-4-8-14-23/h1,3-15,18,25-26H,16-17,19-20H2,(H,28,32). The fourth-order valence-electron chi connectivity index (χ4n) is 3.73. The minimum atomic E-state index is -0.0788. The van der Waals surface area contributed by atoms with E-state index in [0.29, 0.717) is 24.9 Å². The number of hydrogen-bond acceptors (Lipinski definition) is 3. The van der Waals surface area contributed by atoms with Gasteiger partial charge in [0.15, 0.2) is 5.11 Å². The molecule has 1 atom stereocenters. The molecule has 3 aromatic carbocycles. The summed E-state index contributed by atoms with van der Waals surface area (Å²) in [6.07, 6.45) is 5.40. The van der Waals surface area contributed by atoms with Crippen LogP contribution in [-0.4, -0.2) is 42.4 Å². The van der Waals surface area contributed by atoms with E-state index in [-0.39, 0.29) is 12.1 Å². The maximum absolute atomic E-state index is 5.92. The van der Waals surface area contributed by atoms with E-state index in [9.17, 15) is 0 Å². The van der Waals surface area contributed by atoms with E-state index >= 15 is 0 Å². The van der Waals surface area contributed by atoms with Gasteiger partial charge in [-0.3, -0.25) is 0 Å². The third kappa shape index (κ3) is 5.67. The van der Waals surface area contributed by atoms with E-state index in [4.69, 9.17) is 28.1 Å². The third-order valence-corrected chi connectivity index (χ3v) is 5.77. The highest BCUT2D eigenvalue weighted by atomic mass is 32.1. The monoisotopic (exact) mass is 442 g/mol. The molecule has 4 nitrogen and oxygen atoms in total. The van der Waals surface area contributed by atoms with Crippen LogP contribution in [-0.2, 0) is 4.74 Å². The van der Waals surface area contributed by atoms with Crippen LogP contribution in [0.5, 0.6) is 5.75 Å². The first kappa shape index (κ1) is 21.9. The Morgan fingerprint density at radius 3 is 2.41 bits per heavy atom. The number of ether oxygens (including phenoxy) is 2. The summed E-state index contributed by atoms with van der Waals surface area (Å²) in [5.74, 6) is 3.37. The molecule has 0 spiro atoms. The lowest BCUT2D eigenvalue weighted by Crippen LogP contribution is -2.51. The zero-order chi connectivity index (χ0) is 22.2. The smallest absolute Gasteiger partial charge is 0.169 e. The Hall–Kier alpha value is -3.33. The third-order valence-electron chi connectivity index (χ3n) is 5.40. The van der Waals surface area contributed by atoms with E-state index in [1.807, 2.05) is 60.7 Å². The summed E-state index contributed by atoms with van der Waals surface area (Å²) < 4.78 is 11.8. The van der Waals surface area contributed by atoms with Gasteiger partial charge in [-0.2, -0.15) is 0 Å². The second-order valence-corrected chi connectivity index (χ2v) is 8.01. The van der Waals surface area contributed by atoms with Gasteiger partial charge in [0.25, 0.3) is 0 Å². The number of morpholine rings is 1. The highest BCUT2D eigenvalue weighted by Crippen LogP contribution is 2.22. The Kier molecular flexibility index (Phi) is 7.39. The zero-order valence-corrected chi connectivity index (χ0v) is 18.6. The molecule has 162 valence electrons. The Balaban J connectivity index is 1.40. The van der Waals surface area contributed by atoms with Crippen LogP contribution in [0.1, 0.15) is 22.7 Å². The minimum absolute atomic E-state index is 0.0195. The van der Waals surface area contributed by atoms with Crippen LogP contribution in [0.3, 0.4) is 0 Å². The molecule has 1 unspecified atom stereocenters. The summed E-state index contributed by atoms with van der Waals surface area (Å²) in [6.45, 7) is 2.44. The van der Waals surface area contributed by atoms with E-state index in [0.717, 1.165) is 17.9 Å². The maximum atomic E-state index is 5.92. The first-order valence-electron chi connectivity index (χ1n) is 10.7. The van der Waals surface area contributed by atoms with Gasteiger partial charge in [-0.25, -0.2) is 0 Å². The average Bonchev–Trinajstić information content (AvgIpc) is 2.87. The molecule has 0 bridgehead atoms. The fourth-order valence-corrected chi connectivity index (χ4v) is 4.02. The summed E-state index contributed by atoms with van der Waals surface area (Å²) in [6, 6.07) is 28.2. The lowest BCUT2D eigenvalue weighted by Gasteiger charge is -2.36. The number of nitrogens with one attached hydrogen (secondary N) is 1. The van der Waals surface area contributed by atoms with Crippen molar-refractivity contribution >= 4 is 17.3 Å². The van der Waals surface area contributed by atoms with Crippen LogP contribution >= 0.6 is 12.2 Å². The number of hydrogen-bond donors (Lipinski definition) is 1. The second-order valence-electron chi connectivity index (χ2n) is 7.63. The topological polar surface area (TPSA) is 33.7 Å². The average molecular weight is 443 g/mol. The van der Waals surface area contributed by atoms with Crippen LogP contribution in [0.25, 0.3) is 0 Å². The van der Waals surface area contributed by atoms with Gasteiger partial charge in [0.05, 0.1) is 12.6 Å². The van der Waals surface area contributed by atoms with Crippen molar-refractivity contribution in [3.63, 3.8) is 0 Å². The molecule has 3 aromatic rings. The molecule has 32 heavy (non-hydrogen) atoms. The summed E-state index contributed by atoms with van der Waals surface area (Å²) in [7, 11) is 0. The number of nitrogens with zero attached hydrogens (tertiary/aromatic N) is 1. The molecule has 0 aliphatic carbocycles. The predicted molar refractivity (Wildman–Crippen MR) is 132 cm³/mol. The highest BCUT2D eigenvalue weighted by Gasteiger charge is 2.25. The molecule has 4 rings (SSSR count). The number of terminal acetylenes is 1. The molecule has 0 amide bonds. The van der Waals surface area contributed by atoms with Crippen LogP contribution < -0.4 is 10.1 Å². The van der Waals surface area contributed by atoms with E-state index in [2.05, 4.69) is 40.4 Å². The molecule has 1 fully saturated rings. The lowest BCUT2D eigenvalue weighted by molar-refractivity contribution is -0.0289. The van der Waals surface area contributed by atoms with Crippen molar-refractivity contribution < 1.29 is 9.47 Å². The molecule has 1 heterocycles. The van der Waals surface area contributed by atoms with E-state index < -0.39 is 0 Å². The molecule has 1 aliphatic rings. The Labute approximate surface area is 195 Å². The van der Waals surface area contributed by atoms with Crippen LogP contribution in [0.2, 0.25) is 0 Å². The summed E-state index contributed by atoms with van der Waals surface area (Å²) in [5, 5.41) is 4.28. The number of benzene rings is 3. The van der Waals surface area contributed by atoms with Crippen LogP contribution in [0, 0.1) is 12.3 Å². The summed E-state index contributed by atoms with van der Waals surface area (Å²) >= 11 is 5.81. The summed E-state index contributed by atoms with van der Waals surface area (Å²) in [4.78, 5) is 2.16. The van der Waals surface area contributed by atoms with Crippen molar-refractivity contribution in [2.45, 2.75) is 12.1 Å². The maximum Gasteiger partial charge on any atom is 0.169 e. The van der Waals surface area contributed by atoms with Gasteiger partial charge >= 0.3 is 0 Å². The first-order chi connectivity index (χ1) is 15.7. The van der Waals surface area contributed by atoms with Crippen molar-refractivity contribution in [3.05, 3.63) is 102 Å². The minimum Gasteiger partial charge on any atom is -0.491 e. The van der Waals surface area contributed by atoms with Crippen molar-refractivity contribution in [2.24, 2.45) is 0 Å². The van der Waals surface area contributed by atoms with Crippen molar-refractivity contribution in [2.75, 3.05) is 26.3 Å². The molecule has 0 aromatic heterocycles. The molecule has 0 radical (unpaired) electrons. The van der Waals surface area contributed by atoms with Gasteiger partial charge < -0.3 is 19.7 Å². The van der Waals surface area contributed by atoms with Gasteiger partial charge in [0.1, 0.15) is 18.5 Å². The molecule has 1 N–H and O–H groups in total. The van der Waals surface area contributed by atoms with E-state index in [1.165, 1.54) is 11.1 Å². The zero-order valence-electron chi connectivity index (χ0n) is 17.8. The summed E-state index contributed by atoms with van der Waals surface area (Å²) in [5.41, 5.74) is 3.14. The van der Waals surface area contributed by atoms with Gasteiger partial charge in [-0.05, 0) is 41.5 Å². The fraction of sp³-hybridized carbons (Fsp3) is 0.222. The normalized spacial score (nSPS) is 15.8. The predicted octanol–water partition coefficient (Wildman–Crippen LogP) is 4.41. The van der Waals surface area contributed by atoms with Gasteiger partial charge in [-0.15, -0.1) is 6.42 Å². The number of rotatable bonds is 6. The lowest BCUT2D eigenvalue weighted by atomic mass is 9.99. The Bertz CT molecular complexity index is 1030. The molecule has 0 saturated carbocycles. The van der Waals surface area contributed by atoms with Gasteiger partial charge in [0, 0.05) is 18.7 Å². The molecule has 1 saturated heterocycles. The van der Waals surface area contributed by atoms with Gasteiger partial charge in [-0.1, -0.05) is 72.7 Å². The van der Waals surface area contributed by atoms with Crippen molar-refractivity contribution in [3.8, 4) is 18.1 Å². The quantitative estimate of drug-likeness (QED) is 0.452. The number of thiocarbonyl (C=S) groups is 1. The highest BCUT2D eigenvalue weighted by molar-refractivity contribution is 7.80. The Morgan fingerprint density at radius 2 is 1.75 bits per heavy atom. The van der Waals surface area contributed by atoms with Gasteiger partial charge in [0.2, 0.25) is 0 Å². The molecule has 1 aliphatic heterocycles. The van der Waals surface area contributed by atoms with Crippen LogP contribution in [0.15, 0.2) is 84.9 Å².